The van der Waals surface area contributed by atoms with Gasteiger partial charge in [-0.25, -0.2) is 0 Å². The van der Waals surface area contributed by atoms with Crippen LogP contribution in [-0.4, -0.2) is 4.57 Å². The van der Waals surface area contributed by atoms with Crippen LogP contribution < -0.4 is 4.90 Å². The molecule has 3 heteroatoms. The highest BCUT2D eigenvalue weighted by molar-refractivity contribution is 7.26. The summed E-state index contributed by atoms with van der Waals surface area (Å²) in [6.07, 6.45) is 0. The van der Waals surface area contributed by atoms with Crippen LogP contribution in [-0.2, 0) is 0 Å². The molecule has 2 nitrogen and oxygen atoms in total. The molecule has 0 aliphatic heterocycles. The predicted octanol–water partition coefficient (Wildman–Crippen LogP) is 15.6. The van der Waals surface area contributed by atoms with Gasteiger partial charge in [-0.15, -0.1) is 11.3 Å². The fourth-order valence-corrected chi connectivity index (χ4v) is 9.69. The Morgan fingerprint density at radius 2 is 0.860 bits per heavy atom. The van der Waals surface area contributed by atoms with Crippen molar-refractivity contribution in [3.8, 4) is 39.1 Å². The Balaban J connectivity index is 1.10. The molecule has 0 saturated heterocycles. The van der Waals surface area contributed by atoms with E-state index in [0.29, 0.717) is 0 Å². The zero-order chi connectivity index (χ0) is 37.7. The third kappa shape index (κ3) is 5.80. The molecular weight excluding hydrogens is 709 g/mol. The number of anilines is 3. The second kappa shape index (κ2) is 13.8. The van der Waals surface area contributed by atoms with Crippen molar-refractivity contribution in [2.75, 3.05) is 4.90 Å². The van der Waals surface area contributed by atoms with Crippen LogP contribution >= 0.6 is 11.3 Å². The van der Waals surface area contributed by atoms with Crippen LogP contribution in [0.25, 0.3) is 81.0 Å². The number of thiophene rings is 1. The minimum Gasteiger partial charge on any atom is -0.309 e. The summed E-state index contributed by atoms with van der Waals surface area (Å²) in [5.74, 6) is 0. The molecule has 9 aromatic carbocycles. The van der Waals surface area contributed by atoms with E-state index < -0.39 is 0 Å². The van der Waals surface area contributed by atoms with E-state index in [2.05, 4.69) is 228 Å². The Kier molecular flexibility index (Phi) is 8.04. The summed E-state index contributed by atoms with van der Waals surface area (Å²) >= 11 is 1.87. The number of aromatic nitrogens is 1. The topological polar surface area (TPSA) is 8.17 Å². The van der Waals surface area contributed by atoms with E-state index in [-0.39, 0.29) is 0 Å². The second-order valence-electron chi connectivity index (χ2n) is 14.6. The lowest BCUT2D eigenvalue weighted by Gasteiger charge is -2.26. The molecule has 2 heterocycles. The van der Waals surface area contributed by atoms with E-state index in [1.54, 1.807) is 0 Å². The highest BCUT2D eigenvalue weighted by atomic mass is 32.1. The number of hydrogen-bond acceptors (Lipinski definition) is 2. The normalized spacial score (nSPS) is 11.5. The van der Waals surface area contributed by atoms with Crippen LogP contribution in [0.5, 0.6) is 0 Å². The van der Waals surface area contributed by atoms with Gasteiger partial charge in [0.1, 0.15) is 0 Å². The maximum Gasteiger partial charge on any atom is 0.0640 e. The number of rotatable bonds is 7. The zero-order valence-electron chi connectivity index (χ0n) is 31.1. The number of hydrogen-bond donors (Lipinski definition) is 0. The maximum atomic E-state index is 2.45. The quantitative estimate of drug-likeness (QED) is 0.158. The monoisotopic (exact) mass is 744 g/mol. The largest absolute Gasteiger partial charge is 0.309 e. The first-order valence-electron chi connectivity index (χ1n) is 19.4. The van der Waals surface area contributed by atoms with Crippen molar-refractivity contribution in [2.45, 2.75) is 0 Å². The van der Waals surface area contributed by atoms with E-state index in [4.69, 9.17) is 0 Å². The molecule has 0 aliphatic rings. The van der Waals surface area contributed by atoms with Crippen LogP contribution in [0.2, 0.25) is 0 Å². The third-order valence-electron chi connectivity index (χ3n) is 11.2. The van der Waals surface area contributed by atoms with Crippen molar-refractivity contribution in [1.82, 2.24) is 4.57 Å². The Morgan fingerprint density at radius 3 is 1.54 bits per heavy atom. The lowest BCUT2D eigenvalue weighted by Crippen LogP contribution is -2.10. The van der Waals surface area contributed by atoms with E-state index in [1.165, 1.54) is 81.0 Å². The minimum atomic E-state index is 1.11. The molecule has 2 aromatic heterocycles. The first-order chi connectivity index (χ1) is 28.3. The molecule has 11 rings (SSSR count). The number of para-hydroxylation sites is 2. The SMILES string of the molecule is c1ccc(-c2cc(-c3ccccc3)cc(-c3ccc(N(c4ccc5c(c4)c4ccccc4n5-c4ccccc4)c4cccc5c4sc4ccccc45)cc3)c2)cc1. The van der Waals surface area contributed by atoms with Gasteiger partial charge in [0.15, 0.2) is 0 Å². The third-order valence-corrected chi connectivity index (χ3v) is 12.4. The van der Waals surface area contributed by atoms with Crippen molar-refractivity contribution < 1.29 is 0 Å². The lowest BCUT2D eigenvalue weighted by atomic mass is 9.93. The van der Waals surface area contributed by atoms with Gasteiger partial charge < -0.3 is 9.47 Å². The van der Waals surface area contributed by atoms with Crippen molar-refractivity contribution in [3.63, 3.8) is 0 Å². The summed E-state index contributed by atoms with van der Waals surface area (Å²) in [5.41, 5.74) is 14.1. The molecule has 0 spiro atoms. The summed E-state index contributed by atoms with van der Waals surface area (Å²) in [6, 6.07) is 79.4. The van der Waals surface area contributed by atoms with Crippen LogP contribution in [0.15, 0.2) is 218 Å². The van der Waals surface area contributed by atoms with E-state index >= 15 is 0 Å². The van der Waals surface area contributed by atoms with Crippen molar-refractivity contribution in [2.24, 2.45) is 0 Å². The van der Waals surface area contributed by atoms with Gasteiger partial charge in [0.05, 0.1) is 21.4 Å². The van der Waals surface area contributed by atoms with Crippen LogP contribution in [0.1, 0.15) is 0 Å². The van der Waals surface area contributed by atoms with Gasteiger partial charge in [0, 0.05) is 43.3 Å². The van der Waals surface area contributed by atoms with Gasteiger partial charge in [-0.3, -0.25) is 0 Å². The number of benzene rings is 9. The summed E-state index contributed by atoms with van der Waals surface area (Å²) < 4.78 is 4.95. The first-order valence-corrected chi connectivity index (χ1v) is 20.2. The summed E-state index contributed by atoms with van der Waals surface area (Å²) in [5, 5.41) is 5.04. The van der Waals surface area contributed by atoms with Gasteiger partial charge in [-0.2, -0.15) is 0 Å². The molecule has 0 amide bonds. The highest BCUT2D eigenvalue weighted by Crippen LogP contribution is 2.46. The molecule has 11 aromatic rings. The standard InChI is InChI=1S/C54H36N2S/c1-4-15-37(16-5-1)40-33-41(38-17-6-2-7-18-38)35-42(34-40)39-27-29-44(30-28-39)55(52-25-14-23-48-47-22-11-13-26-53(47)57-54(48)52)45-31-32-51-49(36-45)46-21-10-12-24-50(46)56(51)43-19-8-3-9-20-43/h1-36H. The maximum absolute atomic E-state index is 2.45. The first kappa shape index (κ1) is 33.2. The van der Waals surface area contributed by atoms with E-state index in [9.17, 15) is 0 Å². The van der Waals surface area contributed by atoms with E-state index in [0.717, 1.165) is 17.1 Å². The Morgan fingerprint density at radius 1 is 0.333 bits per heavy atom. The molecule has 0 aliphatic carbocycles. The molecular formula is C54H36N2S. The Labute approximate surface area is 335 Å². The molecule has 0 atom stereocenters. The molecule has 268 valence electrons. The molecule has 0 radical (unpaired) electrons. The molecule has 0 N–H and O–H groups in total. The van der Waals surface area contributed by atoms with Gasteiger partial charge in [0.25, 0.3) is 0 Å². The Hall–Kier alpha value is -7.20. The van der Waals surface area contributed by atoms with Gasteiger partial charge in [0.2, 0.25) is 0 Å². The fourth-order valence-electron chi connectivity index (χ4n) is 8.48. The molecule has 0 unspecified atom stereocenters. The minimum absolute atomic E-state index is 1.11. The summed E-state index contributed by atoms with van der Waals surface area (Å²) in [4.78, 5) is 2.45. The zero-order valence-corrected chi connectivity index (χ0v) is 31.9. The molecule has 0 bridgehead atoms. The van der Waals surface area contributed by atoms with Crippen LogP contribution in [0.3, 0.4) is 0 Å². The number of nitrogens with zero attached hydrogens (tertiary/aromatic N) is 2. The summed E-state index contributed by atoms with van der Waals surface area (Å²) in [7, 11) is 0. The van der Waals surface area contributed by atoms with Gasteiger partial charge >= 0.3 is 0 Å². The van der Waals surface area contributed by atoms with Crippen LogP contribution in [0, 0.1) is 0 Å². The molecule has 0 fully saturated rings. The average molecular weight is 745 g/mol. The molecule has 57 heavy (non-hydrogen) atoms. The highest BCUT2D eigenvalue weighted by Gasteiger charge is 2.21. The lowest BCUT2D eigenvalue weighted by molar-refractivity contribution is 1.18. The van der Waals surface area contributed by atoms with Gasteiger partial charge in [-0.05, 0) is 112 Å². The number of fused-ring (bicyclic) bond motifs is 6. The van der Waals surface area contributed by atoms with E-state index in [1.807, 2.05) is 11.3 Å². The van der Waals surface area contributed by atoms with Crippen molar-refractivity contribution >= 4 is 70.4 Å². The average Bonchev–Trinajstić information content (AvgIpc) is 3.84. The fraction of sp³-hybridized carbons (Fsp3) is 0. The predicted molar refractivity (Wildman–Crippen MR) is 245 cm³/mol. The smallest absolute Gasteiger partial charge is 0.0640 e. The summed E-state index contributed by atoms with van der Waals surface area (Å²) in [6.45, 7) is 0. The van der Waals surface area contributed by atoms with Crippen molar-refractivity contribution in [3.05, 3.63) is 218 Å². The van der Waals surface area contributed by atoms with Gasteiger partial charge in [-0.1, -0.05) is 140 Å². The van der Waals surface area contributed by atoms with Crippen LogP contribution in [0.4, 0.5) is 17.1 Å². The Bertz CT molecular complexity index is 3160. The molecule has 0 saturated carbocycles. The van der Waals surface area contributed by atoms with Crippen molar-refractivity contribution in [1.29, 1.82) is 0 Å². The second-order valence-corrected chi connectivity index (χ2v) is 15.6.